The van der Waals surface area contributed by atoms with Crippen LogP contribution in [0.2, 0.25) is 0 Å². The van der Waals surface area contributed by atoms with Gasteiger partial charge in [0.05, 0.1) is 0 Å². The summed E-state index contributed by atoms with van der Waals surface area (Å²) in [5.74, 6) is 0.805. The van der Waals surface area contributed by atoms with Crippen LogP contribution < -0.4 is 10.6 Å². The largest absolute Gasteiger partial charge is 0.398 e. The Bertz CT molecular complexity index is 600. The molecule has 1 aromatic heterocycles. The van der Waals surface area contributed by atoms with Crippen molar-refractivity contribution in [3.05, 3.63) is 41.6 Å². The first kappa shape index (κ1) is 12.3. The third-order valence-corrected chi connectivity index (χ3v) is 4.06. The van der Waals surface area contributed by atoms with Crippen molar-refractivity contribution < 1.29 is 0 Å². The number of hydrogen-bond acceptors (Lipinski definition) is 5. The van der Waals surface area contributed by atoms with Gasteiger partial charge in [0.25, 0.3) is 0 Å². The fourth-order valence-corrected chi connectivity index (χ4v) is 2.78. The second-order valence-corrected chi connectivity index (χ2v) is 5.38. The van der Waals surface area contributed by atoms with E-state index < -0.39 is 0 Å². The van der Waals surface area contributed by atoms with Crippen LogP contribution >= 0.6 is 11.8 Å². The van der Waals surface area contributed by atoms with Crippen molar-refractivity contribution in [2.75, 3.05) is 23.4 Å². The number of anilines is 2. The molecule has 2 heterocycles. The molecule has 0 aliphatic carbocycles. The monoisotopic (exact) mass is 272 g/mol. The van der Waals surface area contributed by atoms with E-state index in [0.29, 0.717) is 0 Å². The van der Waals surface area contributed by atoms with Crippen LogP contribution in [0, 0.1) is 0 Å². The van der Waals surface area contributed by atoms with Crippen molar-refractivity contribution in [3.63, 3.8) is 0 Å². The number of aromatic nitrogens is 2. The number of nitrogens with zero attached hydrogens (tertiary/aromatic N) is 3. The summed E-state index contributed by atoms with van der Waals surface area (Å²) in [6, 6.07) is 8.05. The Morgan fingerprint density at radius 1 is 1.32 bits per heavy atom. The van der Waals surface area contributed by atoms with Crippen LogP contribution in [0.25, 0.3) is 0 Å². The van der Waals surface area contributed by atoms with Gasteiger partial charge >= 0.3 is 0 Å². The Morgan fingerprint density at radius 3 is 3.05 bits per heavy atom. The van der Waals surface area contributed by atoms with Gasteiger partial charge in [-0.15, -0.1) is 11.8 Å². The summed E-state index contributed by atoms with van der Waals surface area (Å²) in [6.45, 7) is 1.75. The van der Waals surface area contributed by atoms with E-state index in [2.05, 4.69) is 20.9 Å². The van der Waals surface area contributed by atoms with Crippen LogP contribution in [0.15, 0.2) is 35.5 Å². The fourth-order valence-electron chi connectivity index (χ4n) is 2.41. The molecule has 98 valence electrons. The molecule has 5 heteroatoms. The van der Waals surface area contributed by atoms with E-state index in [-0.39, 0.29) is 0 Å². The van der Waals surface area contributed by atoms with Crippen LogP contribution in [0.1, 0.15) is 11.1 Å². The lowest BCUT2D eigenvalue weighted by atomic mass is 9.98. The van der Waals surface area contributed by atoms with Gasteiger partial charge < -0.3 is 10.6 Å². The zero-order valence-electron chi connectivity index (χ0n) is 10.8. The molecule has 0 fully saturated rings. The van der Waals surface area contributed by atoms with Crippen LogP contribution in [0.3, 0.4) is 0 Å². The Kier molecular flexibility index (Phi) is 3.29. The van der Waals surface area contributed by atoms with Crippen molar-refractivity contribution >= 4 is 23.4 Å². The highest BCUT2D eigenvalue weighted by molar-refractivity contribution is 7.98. The van der Waals surface area contributed by atoms with Crippen LogP contribution in [-0.2, 0) is 13.0 Å². The third-order valence-electron chi connectivity index (χ3n) is 3.41. The highest BCUT2D eigenvalue weighted by Gasteiger charge is 2.19. The number of benzene rings is 1. The Morgan fingerprint density at radius 2 is 2.21 bits per heavy atom. The second-order valence-electron chi connectivity index (χ2n) is 4.56. The molecular formula is C14H16N4S. The van der Waals surface area contributed by atoms with E-state index in [0.717, 1.165) is 36.2 Å². The second kappa shape index (κ2) is 5.09. The quantitative estimate of drug-likeness (QED) is 0.516. The molecule has 1 aliphatic heterocycles. The van der Waals surface area contributed by atoms with Crippen LogP contribution in [-0.4, -0.2) is 22.8 Å². The first-order valence-corrected chi connectivity index (χ1v) is 7.48. The van der Waals surface area contributed by atoms with E-state index in [1.54, 1.807) is 11.8 Å². The number of nitrogens with two attached hydrogens (primary N) is 1. The Labute approximate surface area is 117 Å². The van der Waals surface area contributed by atoms with E-state index in [9.17, 15) is 0 Å². The Balaban J connectivity index is 1.89. The van der Waals surface area contributed by atoms with Crippen molar-refractivity contribution in [2.45, 2.75) is 18.0 Å². The number of thioether (sulfide) groups is 1. The number of rotatable bonds is 2. The number of hydrogen-bond donors (Lipinski definition) is 1. The zero-order valence-corrected chi connectivity index (χ0v) is 11.7. The molecule has 19 heavy (non-hydrogen) atoms. The maximum absolute atomic E-state index is 6.02. The molecule has 0 radical (unpaired) electrons. The molecular weight excluding hydrogens is 256 g/mol. The summed E-state index contributed by atoms with van der Waals surface area (Å²) < 4.78 is 0. The minimum atomic E-state index is 0.805. The van der Waals surface area contributed by atoms with Crippen molar-refractivity contribution in [1.82, 2.24) is 9.97 Å². The molecule has 0 spiro atoms. The van der Waals surface area contributed by atoms with Crippen LogP contribution in [0.5, 0.6) is 0 Å². The van der Waals surface area contributed by atoms with Gasteiger partial charge in [-0.3, -0.25) is 0 Å². The maximum Gasteiger partial charge on any atom is 0.226 e. The van der Waals surface area contributed by atoms with Crippen molar-refractivity contribution in [1.29, 1.82) is 0 Å². The normalized spacial score (nSPS) is 14.3. The van der Waals surface area contributed by atoms with Gasteiger partial charge in [-0.25, -0.2) is 9.97 Å². The van der Waals surface area contributed by atoms with E-state index in [1.165, 1.54) is 11.1 Å². The predicted molar refractivity (Wildman–Crippen MR) is 79.4 cm³/mol. The lowest BCUT2D eigenvalue weighted by molar-refractivity contribution is 0.703. The molecule has 0 atom stereocenters. The van der Waals surface area contributed by atoms with Gasteiger partial charge in [-0.2, -0.15) is 0 Å². The molecule has 0 amide bonds. The van der Waals surface area contributed by atoms with Gasteiger partial charge in [0.15, 0.2) is 0 Å². The fraction of sp³-hybridized carbons (Fsp3) is 0.286. The molecule has 2 N–H and O–H groups in total. The molecule has 2 aromatic rings. The minimum absolute atomic E-state index is 0.805. The molecule has 0 bridgehead atoms. The average Bonchev–Trinajstić information content (AvgIpc) is 2.47. The molecule has 4 nitrogen and oxygen atoms in total. The summed E-state index contributed by atoms with van der Waals surface area (Å²) in [5.41, 5.74) is 9.48. The van der Waals surface area contributed by atoms with Crippen LogP contribution in [0.4, 0.5) is 11.6 Å². The third kappa shape index (κ3) is 2.38. The summed E-state index contributed by atoms with van der Waals surface area (Å²) in [6.07, 6.45) is 4.80. The Hall–Kier alpha value is -1.75. The molecule has 0 unspecified atom stereocenters. The van der Waals surface area contributed by atoms with Gasteiger partial charge in [0.1, 0.15) is 5.03 Å². The zero-order chi connectivity index (χ0) is 13.2. The smallest absolute Gasteiger partial charge is 0.226 e. The number of fused-ring (bicyclic) bond motifs is 1. The topological polar surface area (TPSA) is 55.0 Å². The standard InChI is InChI=1S/C14H16N4S/c1-19-13-5-7-16-14(17-13)18-8-6-11-10(9-18)3-2-4-12(11)15/h2-5,7H,6,8-9,15H2,1H3. The van der Waals surface area contributed by atoms with Gasteiger partial charge in [0.2, 0.25) is 5.95 Å². The molecule has 0 saturated heterocycles. The van der Waals surface area contributed by atoms with Crippen molar-refractivity contribution in [3.8, 4) is 0 Å². The lowest BCUT2D eigenvalue weighted by Crippen LogP contribution is -2.32. The van der Waals surface area contributed by atoms with E-state index in [4.69, 9.17) is 5.73 Å². The summed E-state index contributed by atoms with van der Waals surface area (Å²) in [5, 5.41) is 1.00. The maximum atomic E-state index is 6.02. The summed E-state index contributed by atoms with van der Waals surface area (Å²) >= 11 is 1.64. The average molecular weight is 272 g/mol. The lowest BCUT2D eigenvalue weighted by Gasteiger charge is -2.29. The minimum Gasteiger partial charge on any atom is -0.398 e. The summed E-state index contributed by atoms with van der Waals surface area (Å²) in [4.78, 5) is 11.1. The van der Waals surface area contributed by atoms with Gasteiger partial charge in [-0.1, -0.05) is 12.1 Å². The first-order valence-electron chi connectivity index (χ1n) is 6.26. The van der Waals surface area contributed by atoms with Gasteiger partial charge in [-0.05, 0) is 35.9 Å². The highest BCUT2D eigenvalue weighted by atomic mass is 32.2. The first-order chi connectivity index (χ1) is 9.28. The molecule has 0 saturated carbocycles. The predicted octanol–water partition coefficient (Wildman–Crippen LogP) is 2.34. The molecule has 1 aliphatic rings. The van der Waals surface area contributed by atoms with E-state index >= 15 is 0 Å². The molecule has 1 aromatic carbocycles. The van der Waals surface area contributed by atoms with E-state index in [1.807, 2.05) is 30.7 Å². The number of nitrogen functional groups attached to an aromatic ring is 1. The van der Waals surface area contributed by atoms with Gasteiger partial charge in [0, 0.05) is 25.0 Å². The molecule has 3 rings (SSSR count). The van der Waals surface area contributed by atoms with Crippen molar-refractivity contribution in [2.24, 2.45) is 0 Å². The summed E-state index contributed by atoms with van der Waals surface area (Å²) in [7, 11) is 0. The SMILES string of the molecule is CSc1ccnc(N2CCc3c(N)cccc3C2)n1. The highest BCUT2D eigenvalue weighted by Crippen LogP contribution is 2.26.